The summed E-state index contributed by atoms with van der Waals surface area (Å²) in [6.07, 6.45) is 7.87. The molecule has 9 nitrogen and oxygen atoms in total. The lowest BCUT2D eigenvalue weighted by Crippen LogP contribution is -2.62. The van der Waals surface area contributed by atoms with Gasteiger partial charge in [-0.1, -0.05) is 18.2 Å². The van der Waals surface area contributed by atoms with Crippen molar-refractivity contribution >= 4 is 23.9 Å². The molecular weight excluding hydrogens is 410 g/mol. The maximum atomic E-state index is 12.4. The van der Waals surface area contributed by atoms with Crippen LogP contribution < -0.4 is 15.4 Å². The third-order valence-corrected chi connectivity index (χ3v) is 5.86. The number of aliphatic carboxylic acids is 1. The Labute approximate surface area is 186 Å². The number of hydrogen-bond acceptors (Lipinski definition) is 6. The smallest absolute Gasteiger partial charge is 0.317 e. The van der Waals surface area contributed by atoms with Crippen LogP contribution in [0.25, 0.3) is 6.08 Å². The number of nitrogens with one attached hydrogen (secondary N) is 2. The van der Waals surface area contributed by atoms with Gasteiger partial charge in [0.2, 0.25) is 5.88 Å². The molecular formula is C23H27N5O4. The summed E-state index contributed by atoms with van der Waals surface area (Å²) in [7, 11) is 1.57. The summed E-state index contributed by atoms with van der Waals surface area (Å²) in [6.45, 7) is 1.95. The maximum absolute atomic E-state index is 12.4. The molecule has 0 radical (unpaired) electrons. The van der Waals surface area contributed by atoms with Crippen LogP contribution in [0.2, 0.25) is 0 Å². The number of fused-ring (bicyclic) bond motifs is 1. The van der Waals surface area contributed by atoms with Gasteiger partial charge in [0.05, 0.1) is 24.6 Å². The zero-order valence-electron chi connectivity index (χ0n) is 18.0. The number of methoxy groups -OCH3 is 1. The number of carbonyl (C=O) groups is 2. The molecule has 2 aliphatic rings. The number of nitrogens with zero attached hydrogens (tertiary/aromatic N) is 3. The molecule has 0 bridgehead atoms. The molecule has 1 fully saturated rings. The van der Waals surface area contributed by atoms with Crippen LogP contribution in [-0.4, -0.2) is 65.3 Å². The Morgan fingerprint density at radius 2 is 2.16 bits per heavy atom. The Kier molecular flexibility index (Phi) is 6.25. The van der Waals surface area contributed by atoms with Gasteiger partial charge in [0.1, 0.15) is 5.82 Å². The first-order valence-electron chi connectivity index (χ1n) is 10.7. The molecule has 1 saturated heterocycles. The summed E-state index contributed by atoms with van der Waals surface area (Å²) in [5, 5.41) is 14.8. The topological polar surface area (TPSA) is 117 Å². The number of anilines is 1. The van der Waals surface area contributed by atoms with E-state index in [1.165, 1.54) is 5.56 Å². The number of hydrogen-bond donors (Lipinski definition) is 3. The highest BCUT2D eigenvalue weighted by atomic mass is 16.5. The van der Waals surface area contributed by atoms with Gasteiger partial charge in [-0.3, -0.25) is 4.79 Å². The first-order valence-corrected chi connectivity index (χ1v) is 10.7. The van der Waals surface area contributed by atoms with E-state index >= 15 is 0 Å². The number of carbonyl (C=O) groups excluding carboxylic acids is 1. The quantitative estimate of drug-likeness (QED) is 0.608. The van der Waals surface area contributed by atoms with E-state index in [2.05, 4.69) is 27.8 Å². The molecule has 0 saturated carbocycles. The molecule has 0 aromatic carbocycles. The second kappa shape index (κ2) is 9.25. The highest BCUT2D eigenvalue weighted by Crippen LogP contribution is 2.37. The third-order valence-electron chi connectivity index (χ3n) is 5.86. The molecule has 4 rings (SSSR count). The first-order chi connectivity index (χ1) is 15.5. The van der Waals surface area contributed by atoms with Crippen LogP contribution in [0, 0.1) is 0 Å². The van der Waals surface area contributed by atoms with Gasteiger partial charge in [-0.25, -0.2) is 14.8 Å². The molecule has 0 aliphatic carbocycles. The molecule has 2 aromatic rings. The number of amides is 2. The van der Waals surface area contributed by atoms with E-state index in [1.807, 2.05) is 24.3 Å². The summed E-state index contributed by atoms with van der Waals surface area (Å²) in [6, 6.07) is 7.61. The molecule has 2 amide bonds. The fourth-order valence-electron chi connectivity index (χ4n) is 4.03. The van der Waals surface area contributed by atoms with Crippen molar-refractivity contribution < 1.29 is 19.4 Å². The fourth-order valence-corrected chi connectivity index (χ4v) is 4.03. The second-order valence-corrected chi connectivity index (χ2v) is 8.08. The van der Waals surface area contributed by atoms with Crippen LogP contribution in [0.1, 0.15) is 29.7 Å². The van der Waals surface area contributed by atoms with Crippen LogP contribution in [0.15, 0.2) is 36.5 Å². The van der Waals surface area contributed by atoms with Gasteiger partial charge in [-0.2, -0.15) is 0 Å². The van der Waals surface area contributed by atoms with Gasteiger partial charge >= 0.3 is 12.0 Å². The van der Waals surface area contributed by atoms with Crippen molar-refractivity contribution in [2.45, 2.75) is 24.7 Å². The van der Waals surface area contributed by atoms with Crippen molar-refractivity contribution in [3.05, 3.63) is 53.4 Å². The van der Waals surface area contributed by atoms with Crippen molar-refractivity contribution in [2.24, 2.45) is 0 Å². The Morgan fingerprint density at radius 1 is 1.31 bits per heavy atom. The summed E-state index contributed by atoms with van der Waals surface area (Å²) in [4.78, 5) is 33.8. The Morgan fingerprint density at radius 3 is 2.88 bits per heavy atom. The predicted octanol–water partition coefficient (Wildman–Crippen LogP) is 2.29. The molecule has 9 heteroatoms. The van der Waals surface area contributed by atoms with E-state index in [0.29, 0.717) is 19.0 Å². The summed E-state index contributed by atoms with van der Waals surface area (Å²) < 4.78 is 5.17. The summed E-state index contributed by atoms with van der Waals surface area (Å²) >= 11 is 0. The number of rotatable bonds is 7. The number of ether oxygens (including phenoxy) is 1. The number of aromatic nitrogens is 2. The van der Waals surface area contributed by atoms with Crippen LogP contribution in [0.5, 0.6) is 5.88 Å². The number of aryl methyl sites for hydroxylation is 1. The van der Waals surface area contributed by atoms with Gasteiger partial charge in [0.15, 0.2) is 0 Å². The molecule has 3 N–H and O–H groups in total. The molecule has 2 aliphatic heterocycles. The van der Waals surface area contributed by atoms with Crippen molar-refractivity contribution in [3.63, 3.8) is 0 Å². The maximum Gasteiger partial charge on any atom is 0.317 e. The molecule has 0 unspecified atom stereocenters. The van der Waals surface area contributed by atoms with Crippen LogP contribution in [0.4, 0.5) is 10.6 Å². The zero-order chi connectivity index (χ0) is 22.6. The fraction of sp³-hybridized carbons (Fsp3) is 0.391. The predicted molar refractivity (Wildman–Crippen MR) is 120 cm³/mol. The first kappa shape index (κ1) is 21.6. The van der Waals surface area contributed by atoms with Gasteiger partial charge in [0.25, 0.3) is 0 Å². The minimum Gasteiger partial charge on any atom is -0.481 e. The highest BCUT2D eigenvalue weighted by molar-refractivity contribution is 5.77. The average Bonchev–Trinajstić information content (AvgIpc) is 2.78. The van der Waals surface area contributed by atoms with Crippen molar-refractivity contribution in [2.75, 3.05) is 38.6 Å². The number of carboxylic acid groups (broad SMARTS) is 1. The Hall–Kier alpha value is -3.62. The lowest BCUT2D eigenvalue weighted by Gasteiger charge is -2.48. The van der Waals surface area contributed by atoms with E-state index in [1.54, 1.807) is 18.2 Å². The van der Waals surface area contributed by atoms with Crippen molar-refractivity contribution in [1.29, 1.82) is 0 Å². The van der Waals surface area contributed by atoms with Crippen LogP contribution in [-0.2, 0) is 16.6 Å². The van der Waals surface area contributed by atoms with E-state index in [-0.39, 0.29) is 19.0 Å². The number of likely N-dealkylation sites (tertiary alicyclic amines) is 1. The number of carboxylic acids is 1. The third kappa shape index (κ3) is 4.66. The molecule has 0 atom stereocenters. The minimum absolute atomic E-state index is 0.101. The largest absolute Gasteiger partial charge is 0.481 e. The number of pyridine rings is 2. The normalized spacial score (nSPS) is 16.6. The van der Waals surface area contributed by atoms with Gasteiger partial charge in [0, 0.05) is 38.4 Å². The lowest BCUT2D eigenvalue weighted by molar-refractivity contribution is -0.136. The average molecular weight is 438 g/mol. The molecule has 32 heavy (non-hydrogen) atoms. The second-order valence-electron chi connectivity index (χ2n) is 8.08. The van der Waals surface area contributed by atoms with E-state index in [4.69, 9.17) is 14.8 Å². The Balaban J connectivity index is 1.52. The summed E-state index contributed by atoms with van der Waals surface area (Å²) in [5.41, 5.74) is 2.65. The molecule has 168 valence electrons. The summed E-state index contributed by atoms with van der Waals surface area (Å²) in [5.74, 6) is 0.520. The lowest BCUT2D eigenvalue weighted by atomic mass is 9.74. The van der Waals surface area contributed by atoms with Gasteiger partial charge in [-0.15, -0.1) is 0 Å². The minimum atomic E-state index is -0.942. The Bertz CT molecular complexity index is 1020. The SMILES string of the molecule is COc1ccc(C2(C=Cc3ccc4c(n3)NCCC4)CN(C(=O)NCCC(=O)O)C2)cn1. The van der Waals surface area contributed by atoms with Crippen molar-refractivity contribution in [1.82, 2.24) is 20.2 Å². The molecule has 2 aromatic heterocycles. The molecule has 4 heterocycles. The monoisotopic (exact) mass is 437 g/mol. The number of urea groups is 1. The van der Waals surface area contributed by atoms with Gasteiger partial charge < -0.3 is 25.4 Å². The highest BCUT2D eigenvalue weighted by Gasteiger charge is 2.45. The van der Waals surface area contributed by atoms with Crippen LogP contribution >= 0.6 is 0 Å². The van der Waals surface area contributed by atoms with Gasteiger partial charge in [-0.05, 0) is 36.1 Å². The van der Waals surface area contributed by atoms with E-state index in [0.717, 1.165) is 36.5 Å². The van der Waals surface area contributed by atoms with E-state index in [9.17, 15) is 9.59 Å². The van der Waals surface area contributed by atoms with E-state index < -0.39 is 11.4 Å². The van der Waals surface area contributed by atoms with Crippen LogP contribution in [0.3, 0.4) is 0 Å². The molecule has 0 spiro atoms. The van der Waals surface area contributed by atoms with Crippen molar-refractivity contribution in [3.8, 4) is 5.88 Å². The standard InChI is InChI=1S/C23H27N5O4/c1-32-19-7-5-17(13-26-19)23(14-28(15-23)22(31)25-12-9-20(29)30)10-8-18-6-4-16-3-2-11-24-21(16)27-18/h4-8,10,13H,2-3,9,11-12,14-15H2,1H3,(H,24,27)(H,25,31)(H,29,30). The zero-order valence-corrected chi connectivity index (χ0v) is 18.0.